The number of pyridine rings is 1. The number of piperidine rings is 1. The van der Waals surface area contributed by atoms with Crippen LogP contribution in [-0.2, 0) is 13.0 Å². The van der Waals surface area contributed by atoms with Crippen molar-refractivity contribution in [3.05, 3.63) is 59.4 Å². The highest BCUT2D eigenvalue weighted by molar-refractivity contribution is 5.97. The SMILES string of the molecule is CC(C)N(CC(F)(F)F)C(=O)c1cc(F)ccc1Oc1nncnc1N1CCC(Oc2ccnc3c2CN(CCCN(C)C)CC3)CC1. The second-order valence-electron chi connectivity index (χ2n) is 12.7. The fourth-order valence-corrected chi connectivity index (χ4v) is 5.98. The third-order valence-corrected chi connectivity index (χ3v) is 8.45. The van der Waals surface area contributed by atoms with Crippen molar-refractivity contribution in [2.75, 3.05) is 58.3 Å². The van der Waals surface area contributed by atoms with Gasteiger partial charge >= 0.3 is 6.18 Å². The number of carbonyl (C=O) groups excluding carboxylic acids is 1. The van der Waals surface area contributed by atoms with Crippen LogP contribution in [0.5, 0.6) is 17.4 Å². The highest BCUT2D eigenvalue weighted by atomic mass is 19.4. The summed E-state index contributed by atoms with van der Waals surface area (Å²) in [4.78, 5) is 29.5. The van der Waals surface area contributed by atoms with Gasteiger partial charge in [-0.1, -0.05) is 0 Å². The molecule has 48 heavy (non-hydrogen) atoms. The molecule has 11 nitrogen and oxygen atoms in total. The number of anilines is 1. The van der Waals surface area contributed by atoms with Crippen LogP contribution in [0.4, 0.5) is 23.4 Å². The predicted octanol–water partition coefficient (Wildman–Crippen LogP) is 4.97. The lowest BCUT2D eigenvalue weighted by Gasteiger charge is -2.34. The number of amides is 1. The summed E-state index contributed by atoms with van der Waals surface area (Å²) in [5.74, 6) is -0.831. The van der Waals surface area contributed by atoms with E-state index in [0.29, 0.717) is 36.6 Å². The van der Waals surface area contributed by atoms with E-state index in [2.05, 4.69) is 44.1 Å². The zero-order chi connectivity index (χ0) is 34.4. The lowest BCUT2D eigenvalue weighted by molar-refractivity contribution is -0.143. The molecule has 5 rings (SSSR count). The van der Waals surface area contributed by atoms with Crippen molar-refractivity contribution in [3.63, 3.8) is 0 Å². The Morgan fingerprint density at radius 3 is 2.56 bits per heavy atom. The molecule has 0 radical (unpaired) electrons. The van der Waals surface area contributed by atoms with Gasteiger partial charge in [-0.05, 0) is 71.7 Å². The van der Waals surface area contributed by atoms with E-state index < -0.39 is 30.5 Å². The molecule has 4 heterocycles. The van der Waals surface area contributed by atoms with Crippen molar-refractivity contribution < 1.29 is 31.8 Å². The van der Waals surface area contributed by atoms with E-state index in [-0.39, 0.29) is 23.3 Å². The summed E-state index contributed by atoms with van der Waals surface area (Å²) >= 11 is 0. The molecule has 2 aliphatic rings. The number of halogens is 4. The number of benzene rings is 1. The Balaban J connectivity index is 1.26. The Bertz CT molecular complexity index is 1550. The number of hydrogen-bond acceptors (Lipinski definition) is 10. The van der Waals surface area contributed by atoms with Gasteiger partial charge in [0.2, 0.25) is 0 Å². The first-order valence-electron chi connectivity index (χ1n) is 16.2. The van der Waals surface area contributed by atoms with Gasteiger partial charge in [-0.25, -0.2) is 9.37 Å². The van der Waals surface area contributed by atoms with Crippen LogP contribution in [0.15, 0.2) is 36.8 Å². The van der Waals surface area contributed by atoms with Crippen molar-refractivity contribution in [3.8, 4) is 17.4 Å². The fraction of sp³-hybridized carbons (Fsp3) is 0.545. The van der Waals surface area contributed by atoms with Crippen LogP contribution in [0.1, 0.15) is 54.7 Å². The number of hydrogen-bond donors (Lipinski definition) is 0. The van der Waals surface area contributed by atoms with Gasteiger partial charge in [0.1, 0.15) is 36.3 Å². The average Bonchev–Trinajstić information content (AvgIpc) is 3.04. The monoisotopic (exact) mass is 674 g/mol. The molecule has 260 valence electrons. The zero-order valence-electron chi connectivity index (χ0n) is 27.7. The minimum Gasteiger partial charge on any atom is -0.490 e. The molecule has 0 aliphatic carbocycles. The molecule has 2 aliphatic heterocycles. The number of aromatic nitrogens is 4. The minimum absolute atomic E-state index is 0.0481. The number of rotatable bonds is 12. The Morgan fingerprint density at radius 2 is 1.85 bits per heavy atom. The molecule has 1 amide bonds. The van der Waals surface area contributed by atoms with E-state index in [1.165, 1.54) is 26.2 Å². The summed E-state index contributed by atoms with van der Waals surface area (Å²) in [6.45, 7) is 6.33. The van der Waals surface area contributed by atoms with Crippen molar-refractivity contribution in [2.24, 2.45) is 0 Å². The Kier molecular flexibility index (Phi) is 11.3. The quantitative estimate of drug-likeness (QED) is 0.245. The molecule has 0 N–H and O–H groups in total. The molecule has 0 bridgehead atoms. The first kappa shape index (κ1) is 35.2. The standard InChI is InChI=1S/C33H42F4N8O3/c1-22(2)45(20-33(35,36)37)32(46)25-18-23(34)6-7-28(25)48-31-30(39-21-40-41-31)44-16-9-24(10-17-44)47-29-8-12-38-27-11-15-43(19-26(27)29)14-5-13-42(3)4/h6-8,12,18,21-22,24H,5,9-11,13-17,19-20H2,1-4H3. The molecule has 3 aromatic rings. The Labute approximate surface area is 277 Å². The number of carbonyl (C=O) groups is 1. The highest BCUT2D eigenvalue weighted by Gasteiger charge is 2.36. The second kappa shape index (κ2) is 15.4. The van der Waals surface area contributed by atoms with Crippen molar-refractivity contribution >= 4 is 11.7 Å². The maximum Gasteiger partial charge on any atom is 0.406 e. The summed E-state index contributed by atoms with van der Waals surface area (Å²) in [5, 5.41) is 7.88. The van der Waals surface area contributed by atoms with Crippen molar-refractivity contribution in [2.45, 2.75) is 64.4 Å². The van der Waals surface area contributed by atoms with Gasteiger partial charge in [-0.2, -0.15) is 13.2 Å². The second-order valence-corrected chi connectivity index (χ2v) is 12.7. The van der Waals surface area contributed by atoms with Crippen LogP contribution in [0.25, 0.3) is 0 Å². The van der Waals surface area contributed by atoms with Gasteiger partial charge in [0.15, 0.2) is 5.82 Å². The van der Waals surface area contributed by atoms with Gasteiger partial charge in [0.25, 0.3) is 11.8 Å². The van der Waals surface area contributed by atoms with E-state index in [0.717, 1.165) is 68.2 Å². The summed E-state index contributed by atoms with van der Waals surface area (Å²) in [6, 6.07) is 4.23. The molecule has 0 unspecified atom stereocenters. The summed E-state index contributed by atoms with van der Waals surface area (Å²) < 4.78 is 66.6. The van der Waals surface area contributed by atoms with Gasteiger partial charge in [0.05, 0.1) is 5.56 Å². The van der Waals surface area contributed by atoms with Crippen LogP contribution in [0.2, 0.25) is 0 Å². The maximum absolute atomic E-state index is 14.3. The van der Waals surface area contributed by atoms with Crippen LogP contribution < -0.4 is 14.4 Å². The molecule has 0 spiro atoms. The smallest absolute Gasteiger partial charge is 0.406 e. The molecular formula is C33H42F4N8O3. The van der Waals surface area contributed by atoms with E-state index in [1.54, 1.807) is 6.20 Å². The fourth-order valence-electron chi connectivity index (χ4n) is 5.98. The van der Waals surface area contributed by atoms with Crippen LogP contribution in [0, 0.1) is 5.82 Å². The zero-order valence-corrected chi connectivity index (χ0v) is 27.7. The summed E-state index contributed by atoms with van der Waals surface area (Å²) in [6.07, 6.45) is 1.70. The van der Waals surface area contributed by atoms with Crippen LogP contribution in [-0.4, -0.2) is 112 Å². The van der Waals surface area contributed by atoms with Gasteiger partial charge in [-0.15, -0.1) is 10.2 Å². The number of nitrogens with zero attached hydrogens (tertiary/aromatic N) is 8. The molecule has 1 aromatic carbocycles. The number of ether oxygens (including phenoxy) is 2. The Morgan fingerprint density at radius 1 is 1.08 bits per heavy atom. The summed E-state index contributed by atoms with van der Waals surface area (Å²) in [7, 11) is 4.16. The molecule has 15 heteroatoms. The first-order valence-corrected chi connectivity index (χ1v) is 16.2. The molecule has 0 atom stereocenters. The molecule has 1 saturated heterocycles. The molecular weight excluding hydrogens is 632 g/mol. The first-order chi connectivity index (χ1) is 22.9. The highest BCUT2D eigenvalue weighted by Crippen LogP contribution is 2.34. The minimum atomic E-state index is -4.64. The van der Waals surface area contributed by atoms with Gasteiger partial charge in [0, 0.05) is 68.9 Å². The topological polar surface area (TPSA) is 100 Å². The largest absolute Gasteiger partial charge is 0.490 e. The lowest BCUT2D eigenvalue weighted by atomic mass is 10.0. The van der Waals surface area contributed by atoms with Crippen molar-refractivity contribution in [1.82, 2.24) is 34.9 Å². The van der Waals surface area contributed by atoms with E-state index in [9.17, 15) is 22.4 Å². The predicted molar refractivity (Wildman–Crippen MR) is 171 cm³/mol. The van der Waals surface area contributed by atoms with Gasteiger partial charge < -0.3 is 24.2 Å². The van der Waals surface area contributed by atoms with E-state index in [4.69, 9.17) is 9.47 Å². The third-order valence-electron chi connectivity index (χ3n) is 8.45. The molecule has 1 fully saturated rings. The van der Waals surface area contributed by atoms with E-state index in [1.807, 2.05) is 11.0 Å². The van der Waals surface area contributed by atoms with E-state index >= 15 is 0 Å². The average molecular weight is 675 g/mol. The molecule has 0 saturated carbocycles. The van der Waals surface area contributed by atoms with Crippen LogP contribution in [0.3, 0.4) is 0 Å². The summed E-state index contributed by atoms with van der Waals surface area (Å²) in [5.41, 5.74) is 1.85. The normalized spacial score (nSPS) is 15.9. The third kappa shape index (κ3) is 9.07. The molecule has 2 aromatic heterocycles. The number of fused-ring (bicyclic) bond motifs is 1. The van der Waals surface area contributed by atoms with Crippen LogP contribution >= 0.6 is 0 Å². The van der Waals surface area contributed by atoms with Gasteiger partial charge in [-0.3, -0.25) is 14.7 Å². The lowest BCUT2D eigenvalue weighted by Crippen LogP contribution is -2.43. The maximum atomic E-state index is 14.3. The number of alkyl halides is 3. The Hall–Kier alpha value is -4.11. The van der Waals surface area contributed by atoms with Crippen molar-refractivity contribution in [1.29, 1.82) is 0 Å².